The van der Waals surface area contributed by atoms with Crippen molar-refractivity contribution in [1.82, 2.24) is 10.2 Å². The summed E-state index contributed by atoms with van der Waals surface area (Å²) >= 11 is 6.27. The zero-order valence-corrected chi connectivity index (χ0v) is 17.6. The number of piperazine rings is 1. The van der Waals surface area contributed by atoms with Crippen molar-refractivity contribution in [2.75, 3.05) is 49.5 Å². The van der Waals surface area contributed by atoms with Crippen molar-refractivity contribution in [2.45, 2.75) is 13.8 Å². The number of hydrogen-bond acceptors (Lipinski definition) is 4. The van der Waals surface area contributed by atoms with Crippen LogP contribution in [-0.4, -0.2) is 56.0 Å². The van der Waals surface area contributed by atoms with E-state index in [0.29, 0.717) is 0 Å². The van der Waals surface area contributed by atoms with E-state index in [0.717, 1.165) is 53.7 Å². The van der Waals surface area contributed by atoms with Crippen molar-refractivity contribution in [2.24, 2.45) is 0 Å². The molecule has 7 heteroatoms. The predicted octanol–water partition coefficient (Wildman–Crippen LogP) is 2.83. The molecular formula is C22H27ClN4O2. The van der Waals surface area contributed by atoms with Gasteiger partial charge in [0.05, 0.1) is 23.8 Å². The van der Waals surface area contributed by atoms with Gasteiger partial charge in [0, 0.05) is 31.9 Å². The van der Waals surface area contributed by atoms with E-state index in [1.807, 2.05) is 56.3 Å². The lowest BCUT2D eigenvalue weighted by molar-refractivity contribution is -0.125. The highest BCUT2D eigenvalue weighted by molar-refractivity contribution is 6.33. The van der Waals surface area contributed by atoms with Gasteiger partial charge >= 0.3 is 0 Å². The molecule has 154 valence electrons. The molecule has 6 nitrogen and oxygen atoms in total. The summed E-state index contributed by atoms with van der Waals surface area (Å²) in [5.41, 5.74) is 3.84. The number of hydrogen-bond donors (Lipinski definition) is 2. The summed E-state index contributed by atoms with van der Waals surface area (Å²) in [4.78, 5) is 28.7. The minimum atomic E-state index is -0.223. The van der Waals surface area contributed by atoms with Crippen molar-refractivity contribution < 1.29 is 9.59 Å². The summed E-state index contributed by atoms with van der Waals surface area (Å²) in [7, 11) is 0. The summed E-state index contributed by atoms with van der Waals surface area (Å²) < 4.78 is 0. The molecule has 1 aliphatic rings. The Labute approximate surface area is 176 Å². The Morgan fingerprint density at radius 3 is 2.24 bits per heavy atom. The van der Waals surface area contributed by atoms with E-state index < -0.39 is 0 Å². The first-order valence-electron chi connectivity index (χ1n) is 9.78. The Hall–Kier alpha value is -2.57. The minimum Gasteiger partial charge on any atom is -0.368 e. The molecule has 1 heterocycles. The van der Waals surface area contributed by atoms with Crippen LogP contribution in [0.3, 0.4) is 0 Å². The number of benzene rings is 2. The minimum absolute atomic E-state index is 0.0355. The van der Waals surface area contributed by atoms with Crippen LogP contribution in [0, 0.1) is 13.8 Å². The number of para-hydroxylation sites is 2. The highest BCUT2D eigenvalue weighted by atomic mass is 35.5. The summed E-state index contributed by atoms with van der Waals surface area (Å²) in [6.07, 6.45) is 0. The second kappa shape index (κ2) is 9.76. The number of anilines is 2. The van der Waals surface area contributed by atoms with Gasteiger partial charge in [-0.15, -0.1) is 0 Å². The molecule has 2 aromatic carbocycles. The van der Waals surface area contributed by atoms with E-state index >= 15 is 0 Å². The summed E-state index contributed by atoms with van der Waals surface area (Å²) in [6, 6.07) is 13.6. The quantitative estimate of drug-likeness (QED) is 0.762. The molecule has 2 N–H and O–H groups in total. The number of nitrogens with one attached hydrogen (secondary N) is 2. The molecule has 0 spiro atoms. The first-order chi connectivity index (χ1) is 13.9. The van der Waals surface area contributed by atoms with Gasteiger partial charge in [-0.2, -0.15) is 0 Å². The molecule has 0 unspecified atom stereocenters. The predicted molar refractivity (Wildman–Crippen MR) is 118 cm³/mol. The second-order valence-corrected chi connectivity index (χ2v) is 7.71. The van der Waals surface area contributed by atoms with E-state index in [1.54, 1.807) is 0 Å². The third-order valence-corrected chi connectivity index (χ3v) is 5.44. The van der Waals surface area contributed by atoms with Crippen molar-refractivity contribution in [3.05, 3.63) is 58.6 Å². The molecule has 0 aliphatic carbocycles. The van der Waals surface area contributed by atoms with Crippen LogP contribution in [-0.2, 0) is 9.59 Å². The third kappa shape index (κ3) is 5.71. The van der Waals surface area contributed by atoms with E-state index in [-0.39, 0.29) is 24.9 Å². The lowest BCUT2D eigenvalue weighted by Crippen LogP contribution is -2.50. The zero-order valence-electron chi connectivity index (χ0n) is 16.9. The van der Waals surface area contributed by atoms with Gasteiger partial charge in [0.25, 0.3) is 0 Å². The van der Waals surface area contributed by atoms with Gasteiger partial charge in [0.1, 0.15) is 0 Å². The van der Waals surface area contributed by atoms with Crippen molar-refractivity contribution in [1.29, 1.82) is 0 Å². The molecule has 0 saturated carbocycles. The molecule has 3 rings (SSSR count). The van der Waals surface area contributed by atoms with Crippen LogP contribution in [0.25, 0.3) is 0 Å². The molecule has 2 amide bonds. The number of amides is 2. The standard InChI is InChI=1S/C22H27ClN4O2/c1-16-6-5-7-17(2)22(16)25-20(28)14-24-21(29)15-26-10-12-27(13-11-26)19-9-4-3-8-18(19)23/h3-9H,10-15H2,1-2H3,(H,24,29)(H,25,28). The van der Waals surface area contributed by atoms with E-state index in [2.05, 4.69) is 20.4 Å². The largest absolute Gasteiger partial charge is 0.368 e. The van der Waals surface area contributed by atoms with Crippen molar-refractivity contribution in [3.8, 4) is 0 Å². The number of rotatable bonds is 6. The Balaban J connectivity index is 1.41. The van der Waals surface area contributed by atoms with Gasteiger partial charge in [0.2, 0.25) is 11.8 Å². The lowest BCUT2D eigenvalue weighted by Gasteiger charge is -2.36. The molecule has 2 aromatic rings. The molecule has 1 fully saturated rings. The molecule has 0 radical (unpaired) electrons. The molecule has 1 aliphatic heterocycles. The van der Waals surface area contributed by atoms with Crippen LogP contribution in [0.1, 0.15) is 11.1 Å². The monoisotopic (exact) mass is 414 g/mol. The van der Waals surface area contributed by atoms with E-state index in [1.165, 1.54) is 0 Å². The maximum Gasteiger partial charge on any atom is 0.243 e. The summed E-state index contributed by atoms with van der Waals surface area (Å²) in [6.45, 7) is 7.31. The Bertz CT molecular complexity index is 859. The number of halogens is 1. The van der Waals surface area contributed by atoms with Crippen molar-refractivity contribution >= 4 is 34.8 Å². The van der Waals surface area contributed by atoms with Gasteiger partial charge in [-0.3, -0.25) is 14.5 Å². The average Bonchev–Trinajstić information content (AvgIpc) is 2.70. The molecule has 0 aromatic heterocycles. The maximum absolute atomic E-state index is 12.2. The Morgan fingerprint density at radius 1 is 0.931 bits per heavy atom. The van der Waals surface area contributed by atoms with Gasteiger partial charge < -0.3 is 15.5 Å². The van der Waals surface area contributed by atoms with Gasteiger partial charge in [-0.25, -0.2) is 0 Å². The fourth-order valence-corrected chi connectivity index (χ4v) is 3.74. The van der Waals surface area contributed by atoms with Crippen LogP contribution in [0.2, 0.25) is 5.02 Å². The fourth-order valence-electron chi connectivity index (χ4n) is 3.49. The van der Waals surface area contributed by atoms with Crippen LogP contribution in [0.4, 0.5) is 11.4 Å². The normalized spacial score (nSPS) is 14.5. The maximum atomic E-state index is 12.2. The van der Waals surface area contributed by atoms with Crippen LogP contribution < -0.4 is 15.5 Å². The number of carbonyl (C=O) groups excluding carboxylic acids is 2. The van der Waals surface area contributed by atoms with E-state index in [9.17, 15) is 9.59 Å². The highest BCUT2D eigenvalue weighted by Gasteiger charge is 2.20. The van der Waals surface area contributed by atoms with Crippen LogP contribution in [0.15, 0.2) is 42.5 Å². The van der Waals surface area contributed by atoms with Gasteiger partial charge in [-0.05, 0) is 37.1 Å². The first-order valence-corrected chi connectivity index (χ1v) is 10.2. The Morgan fingerprint density at radius 2 is 1.59 bits per heavy atom. The summed E-state index contributed by atoms with van der Waals surface area (Å²) in [5.74, 6) is -0.368. The van der Waals surface area contributed by atoms with Crippen LogP contribution in [0.5, 0.6) is 0 Å². The molecule has 1 saturated heterocycles. The van der Waals surface area contributed by atoms with Gasteiger partial charge in [-0.1, -0.05) is 41.9 Å². The SMILES string of the molecule is Cc1cccc(C)c1NC(=O)CNC(=O)CN1CCN(c2ccccc2Cl)CC1. The number of aryl methyl sites for hydroxylation is 2. The third-order valence-electron chi connectivity index (χ3n) is 5.12. The number of nitrogens with zero attached hydrogens (tertiary/aromatic N) is 2. The fraction of sp³-hybridized carbons (Fsp3) is 0.364. The first kappa shape index (κ1) is 21.1. The molecule has 0 bridgehead atoms. The molecule has 29 heavy (non-hydrogen) atoms. The Kier molecular flexibility index (Phi) is 7.12. The molecular weight excluding hydrogens is 388 g/mol. The van der Waals surface area contributed by atoms with Gasteiger partial charge in [0.15, 0.2) is 0 Å². The van der Waals surface area contributed by atoms with Crippen LogP contribution >= 0.6 is 11.6 Å². The summed E-state index contributed by atoms with van der Waals surface area (Å²) in [5, 5.41) is 6.34. The topological polar surface area (TPSA) is 64.7 Å². The lowest BCUT2D eigenvalue weighted by atomic mass is 10.1. The van der Waals surface area contributed by atoms with E-state index in [4.69, 9.17) is 11.6 Å². The smallest absolute Gasteiger partial charge is 0.243 e. The molecule has 0 atom stereocenters. The number of carbonyl (C=O) groups is 2. The average molecular weight is 415 g/mol. The van der Waals surface area contributed by atoms with Crippen molar-refractivity contribution in [3.63, 3.8) is 0 Å². The second-order valence-electron chi connectivity index (χ2n) is 7.31. The highest BCUT2D eigenvalue weighted by Crippen LogP contribution is 2.26. The zero-order chi connectivity index (χ0) is 20.8.